The van der Waals surface area contributed by atoms with E-state index in [1.807, 2.05) is 27.7 Å². The minimum Gasteiger partial charge on any atom is -0.394 e. The Labute approximate surface area is 353 Å². The van der Waals surface area contributed by atoms with Crippen molar-refractivity contribution in [1.29, 1.82) is 0 Å². The summed E-state index contributed by atoms with van der Waals surface area (Å²) < 4.78 is 0. The van der Waals surface area contributed by atoms with Crippen LogP contribution in [0.25, 0.3) is 0 Å². The highest BCUT2D eigenvalue weighted by Crippen LogP contribution is 2.23. The molecule has 1 rings (SSSR count). The summed E-state index contributed by atoms with van der Waals surface area (Å²) in [7, 11) is 0. The Morgan fingerprint density at radius 3 is 1.81 bits per heavy atom. The molecular formula is C43H79N7O9. The zero-order chi connectivity index (χ0) is 44.9. The summed E-state index contributed by atoms with van der Waals surface area (Å²) >= 11 is 0. The molecule has 0 radical (unpaired) electrons. The normalized spacial score (nSPS) is 17.6. The summed E-state index contributed by atoms with van der Waals surface area (Å²) in [4.78, 5) is 94.3. The van der Waals surface area contributed by atoms with Crippen molar-refractivity contribution in [3.63, 3.8) is 0 Å². The average Bonchev–Trinajstić information content (AvgIpc) is 3.54. The van der Waals surface area contributed by atoms with Gasteiger partial charge >= 0.3 is 0 Å². The zero-order valence-electron chi connectivity index (χ0n) is 37.5. The Balaban J connectivity index is 3.05. The zero-order valence-corrected chi connectivity index (χ0v) is 37.5. The van der Waals surface area contributed by atoms with Crippen LogP contribution in [0.4, 0.5) is 0 Å². The Hall–Kier alpha value is -3.79. The predicted octanol–water partition coefficient (Wildman–Crippen LogP) is 2.71. The van der Waals surface area contributed by atoms with E-state index in [-0.39, 0.29) is 63.0 Å². The Morgan fingerprint density at radius 2 is 1.29 bits per heavy atom. The van der Waals surface area contributed by atoms with Crippen molar-refractivity contribution >= 4 is 41.4 Å². The second kappa shape index (κ2) is 27.1. The fourth-order valence-corrected chi connectivity index (χ4v) is 7.33. The van der Waals surface area contributed by atoms with Crippen LogP contribution in [0.15, 0.2) is 0 Å². The third-order valence-electron chi connectivity index (χ3n) is 10.6. The minimum atomic E-state index is -1.37. The third-order valence-corrected chi connectivity index (χ3v) is 10.6. The Bertz CT molecular complexity index is 1360. The fourth-order valence-electron chi connectivity index (χ4n) is 7.33. The van der Waals surface area contributed by atoms with Gasteiger partial charge in [-0.25, -0.2) is 0 Å². The number of carbonyl (C=O) groups excluding carboxylic acids is 7. The first-order valence-corrected chi connectivity index (χ1v) is 22.0. The van der Waals surface area contributed by atoms with Gasteiger partial charge in [-0.15, -0.1) is 0 Å². The highest BCUT2D eigenvalue weighted by molar-refractivity contribution is 5.97. The number of nitrogens with one attached hydrogen (secondary N) is 5. The number of β-amino-alcohol motifs (C(OH)–C–C–N with tert-alkyl or cyclic N) is 1. The first-order valence-electron chi connectivity index (χ1n) is 22.0. The maximum atomic E-state index is 13.9. The van der Waals surface area contributed by atoms with Crippen molar-refractivity contribution in [2.45, 2.75) is 200 Å². The van der Waals surface area contributed by atoms with Crippen LogP contribution in [-0.2, 0) is 33.6 Å². The average molecular weight is 838 g/mol. The second-order valence-electron chi connectivity index (χ2n) is 18.1. The molecule has 0 saturated carbocycles. The van der Waals surface area contributed by atoms with E-state index in [2.05, 4.69) is 33.5 Å². The first kappa shape index (κ1) is 53.2. The summed E-state index contributed by atoms with van der Waals surface area (Å²) in [5.74, 6) is -4.54. The van der Waals surface area contributed by atoms with Crippen LogP contribution in [0, 0.1) is 17.8 Å². The molecule has 59 heavy (non-hydrogen) atoms. The molecule has 0 aliphatic carbocycles. The van der Waals surface area contributed by atoms with Gasteiger partial charge in [-0.05, 0) is 57.3 Å². The molecule has 1 aliphatic rings. The van der Waals surface area contributed by atoms with Crippen LogP contribution in [0.2, 0.25) is 0 Å². The van der Waals surface area contributed by atoms with Gasteiger partial charge in [-0.3, -0.25) is 33.6 Å². The Morgan fingerprint density at radius 1 is 0.729 bits per heavy atom. The van der Waals surface area contributed by atoms with Gasteiger partial charge in [0.1, 0.15) is 29.7 Å². The van der Waals surface area contributed by atoms with Crippen LogP contribution < -0.4 is 32.3 Å². The number of aliphatic hydroxyl groups is 2. The molecule has 340 valence electrons. The molecule has 0 spiro atoms. The van der Waals surface area contributed by atoms with Gasteiger partial charge in [-0.1, -0.05) is 99.8 Å². The van der Waals surface area contributed by atoms with Crippen LogP contribution in [-0.4, -0.2) is 111 Å². The number of unbranched alkanes of at least 4 members (excludes halogenated alkanes) is 8. The van der Waals surface area contributed by atoms with Gasteiger partial charge in [0.25, 0.3) is 0 Å². The van der Waals surface area contributed by atoms with Gasteiger partial charge in [0.05, 0.1) is 18.8 Å². The lowest BCUT2D eigenvalue weighted by molar-refractivity contribution is -0.145. The van der Waals surface area contributed by atoms with E-state index < -0.39 is 83.2 Å². The number of aliphatic hydroxyl groups excluding tert-OH is 2. The highest BCUT2D eigenvalue weighted by atomic mass is 16.3. The van der Waals surface area contributed by atoms with Crippen molar-refractivity contribution < 1.29 is 43.8 Å². The summed E-state index contributed by atoms with van der Waals surface area (Å²) in [5.41, 5.74) is 3.97. The third kappa shape index (κ3) is 20.4. The number of amides is 7. The van der Waals surface area contributed by atoms with Crippen LogP contribution >= 0.6 is 0 Å². The number of rotatable bonds is 29. The maximum Gasteiger partial charge on any atom is 0.248 e. The van der Waals surface area contributed by atoms with Crippen molar-refractivity contribution in [2.75, 3.05) is 13.2 Å². The van der Waals surface area contributed by atoms with Gasteiger partial charge < -0.3 is 47.4 Å². The van der Waals surface area contributed by atoms with Crippen molar-refractivity contribution in [1.82, 2.24) is 31.5 Å². The lowest BCUT2D eigenvalue weighted by atomic mass is 9.98. The fraction of sp³-hybridized carbons (Fsp3) is 0.837. The van der Waals surface area contributed by atoms with Gasteiger partial charge in [0, 0.05) is 25.8 Å². The van der Waals surface area contributed by atoms with Crippen LogP contribution in [0.1, 0.15) is 159 Å². The monoisotopic (exact) mass is 838 g/mol. The largest absolute Gasteiger partial charge is 0.394 e. The summed E-state index contributed by atoms with van der Waals surface area (Å²) in [5, 5.41) is 34.1. The number of hydrogen-bond acceptors (Lipinski definition) is 9. The molecule has 1 heterocycles. The molecule has 0 aromatic heterocycles. The number of hydrogen-bond donors (Lipinski definition) is 8. The highest BCUT2D eigenvalue weighted by Gasteiger charge is 2.45. The van der Waals surface area contributed by atoms with E-state index in [0.717, 1.165) is 19.3 Å². The summed E-state index contributed by atoms with van der Waals surface area (Å²) in [6, 6.07) is -5.19. The molecule has 0 bridgehead atoms. The van der Waals surface area contributed by atoms with E-state index >= 15 is 0 Å². The van der Waals surface area contributed by atoms with Crippen molar-refractivity contribution in [2.24, 2.45) is 23.5 Å². The summed E-state index contributed by atoms with van der Waals surface area (Å²) in [6.07, 6.45) is 9.48. The molecular weight excluding hydrogens is 759 g/mol. The van der Waals surface area contributed by atoms with Gasteiger partial charge in [0.15, 0.2) is 0 Å². The lowest BCUT2D eigenvalue weighted by Gasteiger charge is -2.34. The first-order chi connectivity index (χ1) is 27.6. The number of carbonyl (C=O) groups is 7. The smallest absolute Gasteiger partial charge is 0.248 e. The lowest BCUT2D eigenvalue weighted by Crippen LogP contribution is -2.61. The number of nitrogens with zero attached hydrogens (tertiary/aromatic N) is 1. The molecule has 1 saturated heterocycles. The number of nitrogens with two attached hydrogens (primary N) is 1. The predicted molar refractivity (Wildman–Crippen MR) is 227 cm³/mol. The molecule has 0 aromatic carbocycles. The molecule has 16 heteroatoms. The molecule has 16 nitrogen and oxygen atoms in total. The maximum absolute atomic E-state index is 13.9. The SMILES string of the molecule is CCCCCCCCCCCC(=O)NC(C)(C)C(=O)N1C[C@@H](O)C[C@H]1C(=O)N[C@@H](CC(C)C)C(=O)N[C@H](C(=O)N[C@H](CCC(N)=O)C(=O)N[C@H](CO)CC(C)C)C(C)C. The molecule has 1 aliphatic heterocycles. The molecule has 0 unspecified atom stereocenters. The van der Waals surface area contributed by atoms with Gasteiger partial charge in [0.2, 0.25) is 41.4 Å². The molecule has 0 aromatic rings. The van der Waals surface area contributed by atoms with Crippen molar-refractivity contribution in [3.05, 3.63) is 0 Å². The summed E-state index contributed by atoms with van der Waals surface area (Å²) in [6.45, 7) is 15.8. The second-order valence-corrected chi connectivity index (χ2v) is 18.1. The van der Waals surface area contributed by atoms with Crippen LogP contribution in [0.3, 0.4) is 0 Å². The minimum absolute atomic E-state index is 0.0733. The van der Waals surface area contributed by atoms with Crippen LogP contribution in [0.5, 0.6) is 0 Å². The van der Waals surface area contributed by atoms with Crippen molar-refractivity contribution in [3.8, 4) is 0 Å². The Kier molecular flexibility index (Phi) is 24.5. The quantitative estimate of drug-likeness (QED) is 0.0516. The molecule has 7 amide bonds. The van der Waals surface area contributed by atoms with E-state index in [0.29, 0.717) is 12.8 Å². The number of primary amides is 1. The van der Waals surface area contributed by atoms with Gasteiger partial charge in [-0.2, -0.15) is 0 Å². The van der Waals surface area contributed by atoms with E-state index in [4.69, 9.17) is 5.73 Å². The van der Waals surface area contributed by atoms with E-state index in [9.17, 15) is 43.8 Å². The van der Waals surface area contributed by atoms with E-state index in [1.165, 1.54) is 37.0 Å². The standard InChI is InChI=1S/C43H79N7O9/c1-10-11-12-13-14-15-16-17-18-19-36(54)49-43(8,9)42(59)50-25-31(52)24-34(50)40(57)47-33(23-28(4)5)39(56)48-37(29(6)7)41(58)46-32(20-21-35(44)53)38(55)45-30(26-51)22-27(2)3/h27-34,37,51-52H,10-26H2,1-9H3,(H2,44,53)(H,45,55)(H,46,58)(H,47,57)(H,48,56)(H,49,54)/t30-,31-,32+,33-,34-,37-/m0/s1. The molecule has 1 fully saturated rings. The van der Waals surface area contributed by atoms with E-state index in [1.54, 1.807) is 27.7 Å². The molecule has 9 N–H and O–H groups in total. The topological polar surface area (TPSA) is 249 Å². The number of likely N-dealkylation sites (tertiary alicyclic amines) is 1. The molecule has 6 atom stereocenters.